The molecule has 1 aliphatic rings. The van der Waals surface area contributed by atoms with Gasteiger partial charge in [-0.2, -0.15) is 5.10 Å². The zero-order chi connectivity index (χ0) is 18.4. The highest BCUT2D eigenvalue weighted by Crippen LogP contribution is 2.22. The van der Waals surface area contributed by atoms with Crippen LogP contribution in [0.4, 0.5) is 0 Å². The molecule has 0 saturated heterocycles. The highest BCUT2D eigenvalue weighted by molar-refractivity contribution is 9.10. The molecule has 134 valence electrons. The topological polar surface area (TPSA) is 81.2 Å². The van der Waals surface area contributed by atoms with Gasteiger partial charge in [0, 0.05) is 41.7 Å². The van der Waals surface area contributed by atoms with Crippen LogP contribution in [0.15, 0.2) is 53.4 Å². The number of rotatable bonds is 2. The molecule has 0 saturated carbocycles. The van der Waals surface area contributed by atoms with Crippen molar-refractivity contribution in [1.82, 2.24) is 34.3 Å². The summed E-state index contributed by atoms with van der Waals surface area (Å²) in [5.41, 5.74) is 2.22. The molecule has 27 heavy (non-hydrogen) atoms. The third-order valence-corrected chi connectivity index (χ3v) is 5.07. The standard InChI is InChI=1S/C18H14BrN7O/c19-13-3-4-14-8-15(23-26(14)10-13)18(27)24-6-7-25-16(11-24)21-22-17(25)12-2-1-5-20-9-12/h1-5,8-10H,6-7,11H2. The van der Waals surface area contributed by atoms with Crippen molar-refractivity contribution in [3.8, 4) is 11.4 Å². The molecule has 5 rings (SSSR count). The Labute approximate surface area is 162 Å². The minimum absolute atomic E-state index is 0.105. The van der Waals surface area contributed by atoms with Gasteiger partial charge in [-0.25, -0.2) is 4.52 Å². The fourth-order valence-electron chi connectivity index (χ4n) is 3.27. The average molecular weight is 424 g/mol. The number of amides is 1. The molecule has 1 amide bonds. The van der Waals surface area contributed by atoms with E-state index in [0.29, 0.717) is 25.3 Å². The Morgan fingerprint density at radius 2 is 2.07 bits per heavy atom. The number of nitrogens with zero attached hydrogens (tertiary/aromatic N) is 7. The normalized spacial score (nSPS) is 13.7. The van der Waals surface area contributed by atoms with Crippen LogP contribution in [-0.4, -0.2) is 46.7 Å². The van der Waals surface area contributed by atoms with E-state index in [0.717, 1.165) is 27.2 Å². The molecule has 5 heterocycles. The van der Waals surface area contributed by atoms with Gasteiger partial charge in [0.1, 0.15) is 0 Å². The summed E-state index contributed by atoms with van der Waals surface area (Å²) in [6, 6.07) is 9.47. The van der Waals surface area contributed by atoms with Gasteiger partial charge >= 0.3 is 0 Å². The Hall–Kier alpha value is -3.07. The molecule has 0 aromatic carbocycles. The lowest BCUT2D eigenvalue weighted by molar-refractivity contribution is 0.0701. The Bertz CT molecular complexity index is 1150. The molecule has 9 heteroatoms. The van der Waals surface area contributed by atoms with Crippen LogP contribution in [0.25, 0.3) is 16.9 Å². The second-order valence-electron chi connectivity index (χ2n) is 6.31. The van der Waals surface area contributed by atoms with Crippen molar-refractivity contribution in [2.45, 2.75) is 13.1 Å². The average Bonchev–Trinajstić information content (AvgIpc) is 3.31. The number of halogens is 1. The molecule has 1 aliphatic heterocycles. The third kappa shape index (κ3) is 2.80. The van der Waals surface area contributed by atoms with E-state index in [1.54, 1.807) is 27.9 Å². The quantitative estimate of drug-likeness (QED) is 0.494. The van der Waals surface area contributed by atoms with Gasteiger partial charge in [0.25, 0.3) is 5.91 Å². The highest BCUT2D eigenvalue weighted by atomic mass is 79.9. The predicted octanol–water partition coefficient (Wildman–Crippen LogP) is 2.41. The lowest BCUT2D eigenvalue weighted by Gasteiger charge is -2.27. The van der Waals surface area contributed by atoms with Crippen molar-refractivity contribution in [1.29, 1.82) is 0 Å². The molecule has 4 aromatic heterocycles. The molecule has 0 spiro atoms. The van der Waals surface area contributed by atoms with Gasteiger partial charge in [-0.15, -0.1) is 10.2 Å². The summed E-state index contributed by atoms with van der Waals surface area (Å²) in [7, 11) is 0. The molecule has 0 aliphatic carbocycles. The number of aromatic nitrogens is 6. The SMILES string of the molecule is O=C(c1cc2ccc(Br)cn2n1)N1CCn2c(nnc2-c2cccnc2)C1. The van der Waals surface area contributed by atoms with Crippen LogP contribution in [0, 0.1) is 0 Å². The van der Waals surface area contributed by atoms with Gasteiger partial charge in [-0.1, -0.05) is 0 Å². The van der Waals surface area contributed by atoms with Gasteiger partial charge in [0.2, 0.25) is 0 Å². The number of fused-ring (bicyclic) bond motifs is 2. The first-order valence-electron chi connectivity index (χ1n) is 8.46. The molecule has 8 nitrogen and oxygen atoms in total. The molecule has 0 fully saturated rings. The summed E-state index contributed by atoms with van der Waals surface area (Å²) in [6.07, 6.45) is 5.33. The molecule has 0 N–H and O–H groups in total. The zero-order valence-corrected chi connectivity index (χ0v) is 15.7. The fourth-order valence-corrected chi connectivity index (χ4v) is 3.59. The number of hydrogen-bond donors (Lipinski definition) is 0. The van der Waals surface area contributed by atoms with E-state index in [-0.39, 0.29) is 5.91 Å². The van der Waals surface area contributed by atoms with E-state index in [1.165, 1.54) is 0 Å². The number of pyridine rings is 2. The Morgan fingerprint density at radius 1 is 1.15 bits per heavy atom. The second kappa shape index (κ2) is 6.27. The molecule has 0 radical (unpaired) electrons. The summed E-state index contributed by atoms with van der Waals surface area (Å²) in [6.45, 7) is 1.62. The van der Waals surface area contributed by atoms with Gasteiger partial charge in [0.05, 0.1) is 12.1 Å². The molecular weight excluding hydrogens is 410 g/mol. The summed E-state index contributed by atoms with van der Waals surface area (Å²) in [5, 5.41) is 13.0. The van der Waals surface area contributed by atoms with Gasteiger partial charge in [-0.3, -0.25) is 9.78 Å². The molecule has 0 atom stereocenters. The predicted molar refractivity (Wildman–Crippen MR) is 101 cm³/mol. The molecular formula is C18H14BrN7O. The largest absolute Gasteiger partial charge is 0.328 e. The first-order chi connectivity index (χ1) is 13.2. The van der Waals surface area contributed by atoms with E-state index in [9.17, 15) is 4.79 Å². The van der Waals surface area contributed by atoms with E-state index < -0.39 is 0 Å². The number of carbonyl (C=O) groups is 1. The third-order valence-electron chi connectivity index (χ3n) is 4.60. The van der Waals surface area contributed by atoms with Crippen LogP contribution < -0.4 is 0 Å². The van der Waals surface area contributed by atoms with E-state index in [4.69, 9.17) is 0 Å². The lowest BCUT2D eigenvalue weighted by atomic mass is 10.2. The van der Waals surface area contributed by atoms with Crippen molar-refractivity contribution in [2.75, 3.05) is 6.54 Å². The van der Waals surface area contributed by atoms with Gasteiger partial charge in [-0.05, 0) is 46.3 Å². The molecule has 0 unspecified atom stereocenters. The summed E-state index contributed by atoms with van der Waals surface area (Å²) >= 11 is 3.42. The van der Waals surface area contributed by atoms with Crippen molar-refractivity contribution < 1.29 is 4.79 Å². The minimum Gasteiger partial charge on any atom is -0.328 e. The molecule has 4 aromatic rings. The first kappa shape index (κ1) is 16.1. The summed E-state index contributed by atoms with van der Waals surface area (Å²) in [5.74, 6) is 1.44. The summed E-state index contributed by atoms with van der Waals surface area (Å²) < 4.78 is 4.65. The maximum atomic E-state index is 12.9. The van der Waals surface area contributed by atoms with Crippen molar-refractivity contribution in [3.63, 3.8) is 0 Å². The smallest absolute Gasteiger partial charge is 0.274 e. The van der Waals surface area contributed by atoms with Gasteiger partial charge in [0.15, 0.2) is 17.3 Å². The van der Waals surface area contributed by atoms with Crippen LogP contribution in [0.1, 0.15) is 16.3 Å². The van der Waals surface area contributed by atoms with Crippen LogP contribution in [0.3, 0.4) is 0 Å². The van der Waals surface area contributed by atoms with Crippen LogP contribution >= 0.6 is 15.9 Å². The number of hydrogen-bond acceptors (Lipinski definition) is 5. The Morgan fingerprint density at radius 3 is 2.93 bits per heavy atom. The fraction of sp³-hybridized carbons (Fsp3) is 0.167. The zero-order valence-electron chi connectivity index (χ0n) is 14.2. The van der Waals surface area contributed by atoms with Crippen molar-refractivity contribution in [3.05, 3.63) is 64.9 Å². The first-order valence-corrected chi connectivity index (χ1v) is 9.25. The Kier molecular flexibility index (Phi) is 3.75. The minimum atomic E-state index is -0.105. The van der Waals surface area contributed by atoms with Crippen molar-refractivity contribution >= 4 is 27.4 Å². The van der Waals surface area contributed by atoms with Gasteiger partial charge < -0.3 is 9.47 Å². The van der Waals surface area contributed by atoms with E-state index >= 15 is 0 Å². The maximum absolute atomic E-state index is 12.9. The maximum Gasteiger partial charge on any atom is 0.274 e. The summed E-state index contributed by atoms with van der Waals surface area (Å²) in [4.78, 5) is 18.8. The van der Waals surface area contributed by atoms with Crippen molar-refractivity contribution in [2.24, 2.45) is 0 Å². The highest BCUT2D eigenvalue weighted by Gasteiger charge is 2.27. The van der Waals surface area contributed by atoms with Crippen LogP contribution in [0.5, 0.6) is 0 Å². The second-order valence-corrected chi connectivity index (χ2v) is 7.22. The van der Waals surface area contributed by atoms with Crippen LogP contribution in [-0.2, 0) is 13.1 Å². The van der Waals surface area contributed by atoms with Crippen LogP contribution in [0.2, 0.25) is 0 Å². The molecule has 0 bridgehead atoms. The Balaban J connectivity index is 1.42. The van der Waals surface area contributed by atoms with E-state index in [2.05, 4.69) is 36.2 Å². The number of carbonyl (C=O) groups excluding carboxylic acids is 1. The monoisotopic (exact) mass is 423 g/mol. The lowest BCUT2D eigenvalue weighted by Crippen LogP contribution is -2.38. The van der Waals surface area contributed by atoms with E-state index in [1.807, 2.05) is 35.0 Å².